The zero-order chi connectivity index (χ0) is 22.4. The monoisotopic (exact) mass is 509 g/mol. The van der Waals surface area contributed by atoms with Crippen molar-refractivity contribution >= 4 is 44.5 Å². The van der Waals surface area contributed by atoms with Crippen LogP contribution in [-0.4, -0.2) is 4.57 Å². The van der Waals surface area contributed by atoms with Crippen LogP contribution < -0.4 is 0 Å². The van der Waals surface area contributed by atoms with Crippen LogP contribution in [0.25, 0.3) is 44.9 Å². The molecular weight excluding hydrogens is 490 g/mol. The first-order valence-corrected chi connectivity index (χ1v) is 12.3. The van der Waals surface area contributed by atoms with E-state index in [0.29, 0.717) is 0 Å². The molecule has 0 aliphatic heterocycles. The standard InChI is InChI=1S/C30H21BrClN/c31-21-15-13-20(14-16-21)24-18-17-22(32)19-27(24)25-10-6-12-29-30(25)26-9-4-5-11-28(26)33(29)23-7-2-1-3-8-23/h1-3,5-8,10-19H,4,9H2. The molecule has 33 heavy (non-hydrogen) atoms. The molecule has 1 heterocycles. The minimum atomic E-state index is 0.749. The van der Waals surface area contributed by atoms with E-state index >= 15 is 0 Å². The molecule has 1 aliphatic rings. The first-order valence-electron chi connectivity index (χ1n) is 11.1. The molecule has 1 nitrogen and oxygen atoms in total. The van der Waals surface area contributed by atoms with Gasteiger partial charge in [0.05, 0.1) is 5.52 Å². The van der Waals surface area contributed by atoms with E-state index in [9.17, 15) is 0 Å². The van der Waals surface area contributed by atoms with Crippen LogP contribution in [0.4, 0.5) is 0 Å². The van der Waals surface area contributed by atoms with E-state index in [-0.39, 0.29) is 0 Å². The van der Waals surface area contributed by atoms with E-state index in [1.54, 1.807) is 0 Å². The zero-order valence-electron chi connectivity index (χ0n) is 17.9. The summed E-state index contributed by atoms with van der Waals surface area (Å²) in [5.74, 6) is 0. The molecular formula is C30H21BrClN. The number of aryl methyl sites for hydroxylation is 1. The number of allylic oxidation sites excluding steroid dienone is 1. The second-order valence-electron chi connectivity index (χ2n) is 8.37. The normalized spacial score (nSPS) is 12.8. The van der Waals surface area contributed by atoms with Crippen molar-refractivity contribution in [3.63, 3.8) is 0 Å². The van der Waals surface area contributed by atoms with Crippen molar-refractivity contribution < 1.29 is 0 Å². The Balaban J connectivity index is 1.68. The molecule has 0 N–H and O–H groups in total. The second kappa shape index (κ2) is 8.37. The number of hydrogen-bond acceptors (Lipinski definition) is 0. The zero-order valence-corrected chi connectivity index (χ0v) is 20.3. The Hall–Kier alpha value is -3.07. The van der Waals surface area contributed by atoms with E-state index in [4.69, 9.17) is 11.6 Å². The number of para-hydroxylation sites is 1. The van der Waals surface area contributed by atoms with Gasteiger partial charge in [-0.15, -0.1) is 0 Å². The summed E-state index contributed by atoms with van der Waals surface area (Å²) in [6.45, 7) is 0. The summed E-state index contributed by atoms with van der Waals surface area (Å²) in [5, 5.41) is 2.07. The fraction of sp³-hybridized carbons (Fsp3) is 0.0667. The summed E-state index contributed by atoms with van der Waals surface area (Å²) in [5.41, 5.74) is 9.87. The Morgan fingerprint density at radius 3 is 2.39 bits per heavy atom. The topological polar surface area (TPSA) is 4.93 Å². The molecule has 0 bridgehead atoms. The van der Waals surface area contributed by atoms with Gasteiger partial charge in [-0.2, -0.15) is 0 Å². The number of halogens is 2. The Morgan fingerprint density at radius 1 is 0.758 bits per heavy atom. The maximum atomic E-state index is 6.55. The minimum absolute atomic E-state index is 0.749. The van der Waals surface area contributed by atoms with Gasteiger partial charge >= 0.3 is 0 Å². The highest BCUT2D eigenvalue weighted by Gasteiger charge is 2.22. The summed E-state index contributed by atoms with van der Waals surface area (Å²) in [6, 6.07) is 32.0. The first-order chi connectivity index (χ1) is 16.2. The summed E-state index contributed by atoms with van der Waals surface area (Å²) in [7, 11) is 0. The largest absolute Gasteiger partial charge is 0.310 e. The molecule has 0 amide bonds. The van der Waals surface area contributed by atoms with Crippen molar-refractivity contribution in [3.8, 4) is 27.9 Å². The van der Waals surface area contributed by atoms with Gasteiger partial charge in [0.1, 0.15) is 0 Å². The lowest BCUT2D eigenvalue weighted by molar-refractivity contribution is 0.968. The van der Waals surface area contributed by atoms with E-state index in [2.05, 4.69) is 118 Å². The number of nitrogens with zero attached hydrogens (tertiary/aromatic N) is 1. The highest BCUT2D eigenvalue weighted by atomic mass is 79.9. The lowest BCUT2D eigenvalue weighted by Gasteiger charge is -2.14. The van der Waals surface area contributed by atoms with Gasteiger partial charge in [0.2, 0.25) is 0 Å². The van der Waals surface area contributed by atoms with E-state index in [1.807, 2.05) is 6.07 Å². The molecule has 160 valence electrons. The molecule has 0 fully saturated rings. The highest BCUT2D eigenvalue weighted by molar-refractivity contribution is 9.10. The smallest absolute Gasteiger partial charge is 0.0543 e. The Labute approximate surface area is 207 Å². The number of hydrogen-bond donors (Lipinski definition) is 0. The van der Waals surface area contributed by atoms with E-state index in [0.717, 1.165) is 27.9 Å². The Morgan fingerprint density at radius 2 is 1.58 bits per heavy atom. The van der Waals surface area contributed by atoms with Crippen LogP contribution >= 0.6 is 27.5 Å². The van der Waals surface area contributed by atoms with Crippen molar-refractivity contribution in [2.45, 2.75) is 12.8 Å². The first kappa shape index (κ1) is 20.5. The number of fused-ring (bicyclic) bond motifs is 3. The quantitative estimate of drug-likeness (QED) is 0.228. The summed E-state index contributed by atoms with van der Waals surface area (Å²) >= 11 is 10.1. The Kier molecular flexibility index (Phi) is 5.21. The molecule has 1 aliphatic carbocycles. The van der Waals surface area contributed by atoms with Gasteiger partial charge in [0, 0.05) is 26.3 Å². The molecule has 0 unspecified atom stereocenters. The number of benzene rings is 4. The van der Waals surface area contributed by atoms with Gasteiger partial charge in [-0.1, -0.05) is 82.1 Å². The van der Waals surface area contributed by atoms with Gasteiger partial charge < -0.3 is 4.57 Å². The van der Waals surface area contributed by atoms with Crippen LogP contribution in [0.3, 0.4) is 0 Å². The fourth-order valence-corrected chi connectivity index (χ4v) is 5.42. The van der Waals surface area contributed by atoms with Crippen molar-refractivity contribution in [2.75, 3.05) is 0 Å². The molecule has 0 spiro atoms. The van der Waals surface area contributed by atoms with Crippen LogP contribution in [0.5, 0.6) is 0 Å². The van der Waals surface area contributed by atoms with Crippen molar-refractivity contribution in [1.82, 2.24) is 4.57 Å². The minimum Gasteiger partial charge on any atom is -0.310 e. The predicted molar refractivity (Wildman–Crippen MR) is 144 cm³/mol. The maximum Gasteiger partial charge on any atom is 0.0543 e. The average Bonchev–Trinajstić information content (AvgIpc) is 3.20. The van der Waals surface area contributed by atoms with Crippen molar-refractivity contribution in [2.24, 2.45) is 0 Å². The third kappa shape index (κ3) is 3.55. The average molecular weight is 511 g/mol. The summed E-state index contributed by atoms with van der Waals surface area (Å²) in [6.07, 6.45) is 6.66. The van der Waals surface area contributed by atoms with Gasteiger partial charge in [0.15, 0.2) is 0 Å². The third-order valence-electron chi connectivity index (χ3n) is 6.41. The fourth-order valence-electron chi connectivity index (χ4n) is 4.99. The molecule has 0 atom stereocenters. The van der Waals surface area contributed by atoms with Gasteiger partial charge in [-0.25, -0.2) is 0 Å². The molecule has 6 rings (SSSR count). The van der Waals surface area contributed by atoms with Crippen LogP contribution in [0.2, 0.25) is 5.02 Å². The maximum absolute atomic E-state index is 6.55. The molecule has 0 saturated heterocycles. The highest BCUT2D eigenvalue weighted by Crippen LogP contribution is 2.43. The van der Waals surface area contributed by atoms with Gasteiger partial charge in [-0.3, -0.25) is 0 Å². The van der Waals surface area contributed by atoms with Crippen LogP contribution in [0.15, 0.2) is 102 Å². The SMILES string of the molecule is Clc1ccc(-c2ccc(Br)cc2)c(-c2cccc3c2c2c(n3-c3ccccc3)C=CCC2)c1. The van der Waals surface area contributed by atoms with Crippen molar-refractivity contribution in [1.29, 1.82) is 0 Å². The van der Waals surface area contributed by atoms with E-state index < -0.39 is 0 Å². The molecule has 4 aromatic carbocycles. The van der Waals surface area contributed by atoms with Crippen molar-refractivity contribution in [3.05, 3.63) is 118 Å². The summed E-state index contributed by atoms with van der Waals surface area (Å²) < 4.78 is 3.47. The molecule has 0 saturated carbocycles. The van der Waals surface area contributed by atoms with Crippen LogP contribution in [0, 0.1) is 0 Å². The number of rotatable bonds is 3. The lowest BCUT2D eigenvalue weighted by Crippen LogP contribution is -1.99. The van der Waals surface area contributed by atoms with Crippen LogP contribution in [0.1, 0.15) is 17.7 Å². The molecule has 5 aromatic rings. The Bertz CT molecular complexity index is 1510. The second-order valence-corrected chi connectivity index (χ2v) is 9.72. The lowest BCUT2D eigenvalue weighted by atomic mass is 9.90. The van der Waals surface area contributed by atoms with Crippen LogP contribution in [-0.2, 0) is 6.42 Å². The summed E-state index contributed by atoms with van der Waals surface area (Å²) in [4.78, 5) is 0. The molecule has 0 radical (unpaired) electrons. The van der Waals surface area contributed by atoms with E-state index in [1.165, 1.54) is 44.5 Å². The number of aromatic nitrogens is 1. The molecule has 3 heteroatoms. The van der Waals surface area contributed by atoms with Gasteiger partial charge in [0.25, 0.3) is 0 Å². The molecule has 1 aromatic heterocycles. The third-order valence-corrected chi connectivity index (χ3v) is 7.18. The predicted octanol–water partition coefficient (Wildman–Crippen LogP) is 9.34. The van der Waals surface area contributed by atoms with Gasteiger partial charge in [-0.05, 0) is 89.2 Å².